The number of hydrogen-bond donors (Lipinski definition) is 2. The van der Waals surface area contributed by atoms with Gasteiger partial charge in [0, 0.05) is 58.9 Å². The van der Waals surface area contributed by atoms with Crippen molar-refractivity contribution < 1.29 is 71.9 Å². The fraction of sp³-hybridized carbons (Fsp3) is 0.565. The molecular formula is C23H25F12N5O4. The van der Waals surface area contributed by atoms with Crippen molar-refractivity contribution >= 4 is 23.6 Å². The van der Waals surface area contributed by atoms with Crippen LogP contribution in [-0.4, -0.2) is 115 Å². The summed E-state index contributed by atoms with van der Waals surface area (Å²) in [4.78, 5) is 46.9. The quantitative estimate of drug-likeness (QED) is 0.299. The lowest BCUT2D eigenvalue weighted by molar-refractivity contribution is -0.186. The first-order chi connectivity index (χ1) is 20.0. The van der Waals surface area contributed by atoms with E-state index in [0.717, 1.165) is 0 Å². The van der Waals surface area contributed by atoms with Gasteiger partial charge < -0.3 is 20.4 Å². The molecule has 1 rings (SSSR count). The highest BCUT2D eigenvalue weighted by molar-refractivity contribution is 5.83. The van der Waals surface area contributed by atoms with Gasteiger partial charge in [-0.3, -0.25) is 24.1 Å². The zero-order valence-corrected chi connectivity index (χ0v) is 22.3. The predicted octanol–water partition coefficient (Wildman–Crippen LogP) is 2.63. The third-order valence-corrected chi connectivity index (χ3v) is 5.53. The number of carbonyl (C=O) groups excluding carboxylic acids is 4. The van der Waals surface area contributed by atoms with Crippen LogP contribution in [0.5, 0.6) is 0 Å². The minimum Gasteiger partial charge on any atom is -0.346 e. The topological polar surface area (TPSA) is 102 Å². The number of hydrogen-bond acceptors (Lipinski definition) is 5. The third-order valence-electron chi connectivity index (χ3n) is 5.53. The van der Waals surface area contributed by atoms with Crippen LogP contribution in [0.3, 0.4) is 0 Å². The van der Waals surface area contributed by atoms with Gasteiger partial charge in [0.15, 0.2) is 0 Å². The van der Waals surface area contributed by atoms with E-state index >= 15 is 0 Å². The molecule has 0 atom stereocenters. The van der Waals surface area contributed by atoms with E-state index in [1.54, 1.807) is 6.07 Å². The molecule has 0 bridgehead atoms. The van der Waals surface area contributed by atoms with E-state index in [4.69, 9.17) is 0 Å². The van der Waals surface area contributed by atoms with Crippen molar-refractivity contribution in [3.05, 3.63) is 35.9 Å². The SMILES string of the molecule is O=C(NCCN(CCN(CCN(CCNC(=O)C(F)(F)F)C(=O)C(F)(F)F)Cc1ccccc1)C(=O)C(F)(F)F)C(F)(F)F. The van der Waals surface area contributed by atoms with Gasteiger partial charge in [0.2, 0.25) is 0 Å². The number of carbonyl (C=O) groups is 4. The molecule has 0 aliphatic heterocycles. The summed E-state index contributed by atoms with van der Waals surface area (Å²) >= 11 is 0. The van der Waals surface area contributed by atoms with Crippen molar-refractivity contribution in [3.8, 4) is 0 Å². The lowest BCUT2D eigenvalue weighted by Gasteiger charge is -2.31. The fourth-order valence-corrected chi connectivity index (χ4v) is 3.43. The Bertz CT molecular complexity index is 1040. The van der Waals surface area contributed by atoms with Crippen LogP contribution in [0.4, 0.5) is 52.7 Å². The molecule has 250 valence electrons. The van der Waals surface area contributed by atoms with Crippen LogP contribution in [0.1, 0.15) is 5.56 Å². The maximum atomic E-state index is 13.1. The number of nitrogens with zero attached hydrogens (tertiary/aromatic N) is 3. The average molecular weight is 663 g/mol. The van der Waals surface area contributed by atoms with Crippen molar-refractivity contribution in [2.75, 3.05) is 52.4 Å². The van der Waals surface area contributed by atoms with E-state index in [2.05, 4.69) is 0 Å². The number of rotatable bonds is 14. The van der Waals surface area contributed by atoms with Gasteiger partial charge >= 0.3 is 48.3 Å². The van der Waals surface area contributed by atoms with Crippen LogP contribution in [0.25, 0.3) is 0 Å². The lowest BCUT2D eigenvalue weighted by atomic mass is 10.2. The summed E-state index contributed by atoms with van der Waals surface area (Å²) in [6.07, 6.45) is -21.7. The maximum absolute atomic E-state index is 13.1. The van der Waals surface area contributed by atoms with Crippen LogP contribution in [0.2, 0.25) is 0 Å². The molecule has 9 nitrogen and oxygen atoms in total. The maximum Gasteiger partial charge on any atom is 0.471 e. The van der Waals surface area contributed by atoms with Crippen molar-refractivity contribution in [3.63, 3.8) is 0 Å². The molecule has 1 aromatic carbocycles. The summed E-state index contributed by atoms with van der Waals surface area (Å²) in [5.74, 6) is -9.95. The van der Waals surface area contributed by atoms with Gasteiger partial charge in [-0.15, -0.1) is 0 Å². The minimum atomic E-state index is -5.49. The van der Waals surface area contributed by atoms with E-state index in [0.29, 0.717) is 5.56 Å². The summed E-state index contributed by atoms with van der Waals surface area (Å²) in [7, 11) is 0. The Balaban J connectivity index is 3.11. The minimum absolute atomic E-state index is 0.0555. The summed E-state index contributed by atoms with van der Waals surface area (Å²) in [5, 5.41) is 2.60. The van der Waals surface area contributed by atoms with Gasteiger partial charge in [-0.25, -0.2) is 0 Å². The third kappa shape index (κ3) is 13.7. The van der Waals surface area contributed by atoms with Crippen molar-refractivity contribution in [2.24, 2.45) is 0 Å². The molecule has 0 spiro atoms. The highest BCUT2D eigenvalue weighted by Gasteiger charge is 2.44. The molecule has 21 heteroatoms. The van der Waals surface area contributed by atoms with Gasteiger partial charge in [-0.05, 0) is 5.56 Å². The van der Waals surface area contributed by atoms with Crippen LogP contribution in [0.15, 0.2) is 30.3 Å². The molecule has 1 aromatic rings. The van der Waals surface area contributed by atoms with E-state index in [9.17, 15) is 71.9 Å². The molecule has 0 aliphatic carbocycles. The first kappa shape index (κ1) is 38.2. The van der Waals surface area contributed by atoms with Gasteiger partial charge in [-0.2, -0.15) is 52.7 Å². The molecular weight excluding hydrogens is 638 g/mol. The smallest absolute Gasteiger partial charge is 0.346 e. The van der Waals surface area contributed by atoms with Gasteiger partial charge in [0.05, 0.1) is 0 Å². The average Bonchev–Trinajstić information content (AvgIpc) is 2.89. The van der Waals surface area contributed by atoms with Crippen LogP contribution >= 0.6 is 0 Å². The van der Waals surface area contributed by atoms with E-state index in [1.165, 1.54) is 39.8 Å². The normalized spacial score (nSPS) is 12.6. The fourth-order valence-electron chi connectivity index (χ4n) is 3.43. The molecule has 0 aromatic heterocycles. The van der Waals surface area contributed by atoms with E-state index in [-0.39, 0.29) is 16.3 Å². The highest BCUT2D eigenvalue weighted by atomic mass is 19.4. The summed E-state index contributed by atoms with van der Waals surface area (Å²) in [5.41, 5.74) is 0.449. The second kappa shape index (κ2) is 15.8. The Morgan fingerprint density at radius 2 is 0.886 bits per heavy atom. The summed E-state index contributed by atoms with van der Waals surface area (Å²) < 4.78 is 153. The zero-order chi connectivity index (χ0) is 33.9. The Morgan fingerprint density at radius 1 is 0.523 bits per heavy atom. The largest absolute Gasteiger partial charge is 0.471 e. The highest BCUT2D eigenvalue weighted by Crippen LogP contribution is 2.20. The number of amides is 4. The molecule has 0 saturated carbocycles. The molecule has 0 aliphatic rings. The molecule has 44 heavy (non-hydrogen) atoms. The summed E-state index contributed by atoms with van der Waals surface area (Å²) in [6.45, 7) is -7.20. The van der Waals surface area contributed by atoms with E-state index < -0.39 is 101 Å². The standard InChI is InChI=1S/C23H25F12N5O4/c24-20(25,26)16(41)36-6-8-39(18(43)22(30,31)32)12-10-38(14-15-4-2-1-3-5-15)11-13-40(19(44)23(33,34)35)9-7-37-17(42)21(27,28)29/h1-5H,6-14H2,(H,36,41)(H,37,42). The molecule has 0 radical (unpaired) electrons. The van der Waals surface area contributed by atoms with Crippen molar-refractivity contribution in [1.29, 1.82) is 0 Å². The molecule has 0 saturated heterocycles. The number of nitrogens with one attached hydrogen (secondary N) is 2. The first-order valence-corrected chi connectivity index (χ1v) is 12.2. The second-order valence-electron chi connectivity index (χ2n) is 8.85. The number of alkyl halides is 12. The molecule has 0 unspecified atom stereocenters. The van der Waals surface area contributed by atoms with Crippen LogP contribution in [0, 0.1) is 0 Å². The van der Waals surface area contributed by atoms with Gasteiger partial charge in [0.25, 0.3) is 0 Å². The molecule has 4 amide bonds. The molecule has 0 fully saturated rings. The Hall–Kier alpha value is -3.78. The first-order valence-electron chi connectivity index (χ1n) is 12.2. The van der Waals surface area contributed by atoms with Crippen molar-refractivity contribution in [1.82, 2.24) is 25.3 Å². The van der Waals surface area contributed by atoms with Crippen molar-refractivity contribution in [2.45, 2.75) is 31.2 Å². The van der Waals surface area contributed by atoms with Crippen LogP contribution < -0.4 is 10.6 Å². The number of halogens is 12. The van der Waals surface area contributed by atoms with Gasteiger partial charge in [0.1, 0.15) is 0 Å². The zero-order valence-electron chi connectivity index (χ0n) is 22.3. The van der Waals surface area contributed by atoms with Crippen LogP contribution in [-0.2, 0) is 25.7 Å². The Kier molecular flexibility index (Phi) is 13.7. The summed E-state index contributed by atoms with van der Waals surface area (Å²) in [6, 6.07) is 7.64. The van der Waals surface area contributed by atoms with E-state index in [1.807, 2.05) is 0 Å². The Labute approximate surface area is 241 Å². The van der Waals surface area contributed by atoms with Gasteiger partial charge in [-0.1, -0.05) is 30.3 Å². The second-order valence-corrected chi connectivity index (χ2v) is 8.85. The molecule has 2 N–H and O–H groups in total. The monoisotopic (exact) mass is 663 g/mol. The lowest BCUT2D eigenvalue weighted by Crippen LogP contribution is -2.50. The Morgan fingerprint density at radius 3 is 1.20 bits per heavy atom. The number of benzene rings is 1. The predicted molar refractivity (Wildman–Crippen MR) is 125 cm³/mol. The molecule has 0 heterocycles.